The maximum Gasteiger partial charge on any atom is 0.120 e. The molecule has 0 saturated heterocycles. The van der Waals surface area contributed by atoms with Gasteiger partial charge in [0.2, 0.25) is 0 Å². The fourth-order valence-corrected chi connectivity index (χ4v) is 3.01. The van der Waals surface area contributed by atoms with Gasteiger partial charge in [-0.1, -0.05) is 81.8 Å². The lowest BCUT2D eigenvalue weighted by Crippen LogP contribution is -1.95. The first-order valence-corrected chi connectivity index (χ1v) is 10.9. The summed E-state index contributed by atoms with van der Waals surface area (Å²) in [4.78, 5) is 0. The summed E-state index contributed by atoms with van der Waals surface area (Å²) in [5.74, 6) is 1.81. The van der Waals surface area contributed by atoms with Crippen LogP contribution in [0.2, 0.25) is 0 Å². The van der Waals surface area contributed by atoms with Crippen LogP contribution in [-0.2, 0) is 13.0 Å². The fraction of sp³-hybridized carbons (Fsp3) is 0.333. The summed E-state index contributed by atoms with van der Waals surface area (Å²) in [6, 6.07) is 26.8. The van der Waals surface area contributed by atoms with E-state index in [1.54, 1.807) is 0 Å². The molecule has 0 aliphatic heterocycles. The van der Waals surface area contributed by atoms with Crippen LogP contribution in [0.5, 0.6) is 5.75 Å². The summed E-state index contributed by atoms with van der Waals surface area (Å²) in [6.07, 6.45) is 5.01. The van der Waals surface area contributed by atoms with Crippen LogP contribution in [0.4, 0.5) is 5.69 Å². The van der Waals surface area contributed by atoms with Gasteiger partial charge in [-0.05, 0) is 66.1 Å². The molecule has 0 heterocycles. The Morgan fingerprint density at radius 1 is 0.828 bits per heavy atom. The Morgan fingerprint density at radius 3 is 2.10 bits per heavy atom. The van der Waals surface area contributed by atoms with Crippen LogP contribution in [0.3, 0.4) is 0 Å². The van der Waals surface area contributed by atoms with Crippen molar-refractivity contribution in [3.8, 4) is 5.75 Å². The van der Waals surface area contributed by atoms with Gasteiger partial charge in [-0.15, -0.1) is 0 Å². The van der Waals surface area contributed by atoms with Crippen molar-refractivity contribution < 1.29 is 4.74 Å². The molecule has 0 spiro atoms. The molecule has 1 aliphatic rings. The Hall–Kier alpha value is -2.74. The average Bonchev–Trinajstić information content (AvgIpc) is 3.62. The normalized spacial score (nSPS) is 12.1. The van der Waals surface area contributed by atoms with Gasteiger partial charge in [-0.3, -0.25) is 0 Å². The second kappa shape index (κ2) is 12.7. The Kier molecular flexibility index (Phi) is 9.85. The molecule has 29 heavy (non-hydrogen) atoms. The van der Waals surface area contributed by atoms with E-state index in [9.17, 15) is 0 Å². The van der Waals surface area contributed by atoms with Crippen molar-refractivity contribution in [2.75, 3.05) is 5.73 Å². The van der Waals surface area contributed by atoms with Gasteiger partial charge >= 0.3 is 0 Å². The second-order valence-corrected chi connectivity index (χ2v) is 7.11. The molecule has 3 aromatic carbocycles. The fourth-order valence-electron chi connectivity index (χ4n) is 3.01. The molecular weight excluding hydrogens is 354 g/mol. The highest BCUT2D eigenvalue weighted by Gasteiger charge is 2.22. The van der Waals surface area contributed by atoms with Gasteiger partial charge in [0.15, 0.2) is 0 Å². The van der Waals surface area contributed by atoms with Crippen LogP contribution >= 0.6 is 0 Å². The minimum Gasteiger partial charge on any atom is -0.489 e. The SMILES string of the molecule is CC.CCCc1cccc(OCc2ccccc2)c1.Nc1ccc(C2CC2)cc1. The molecule has 0 amide bonds. The topological polar surface area (TPSA) is 35.2 Å². The maximum absolute atomic E-state index is 5.78. The van der Waals surface area contributed by atoms with Crippen molar-refractivity contribution >= 4 is 5.69 Å². The maximum atomic E-state index is 5.78. The third-order valence-corrected chi connectivity index (χ3v) is 4.67. The van der Waals surface area contributed by atoms with Crippen LogP contribution in [0.25, 0.3) is 0 Å². The van der Waals surface area contributed by atoms with Gasteiger partial charge in [0, 0.05) is 5.69 Å². The highest BCUT2D eigenvalue weighted by atomic mass is 16.5. The van der Waals surface area contributed by atoms with Crippen molar-refractivity contribution in [1.82, 2.24) is 0 Å². The number of nitrogens with two attached hydrogens (primary N) is 1. The van der Waals surface area contributed by atoms with Crippen LogP contribution < -0.4 is 10.5 Å². The molecule has 2 nitrogen and oxygen atoms in total. The van der Waals surface area contributed by atoms with E-state index in [1.165, 1.54) is 36.0 Å². The van der Waals surface area contributed by atoms with Crippen molar-refractivity contribution in [3.05, 3.63) is 95.6 Å². The lowest BCUT2D eigenvalue weighted by atomic mass is 10.1. The number of hydrogen-bond donors (Lipinski definition) is 1. The first kappa shape index (κ1) is 22.5. The number of hydrogen-bond acceptors (Lipinski definition) is 2. The molecule has 1 aliphatic carbocycles. The molecule has 0 atom stereocenters. The van der Waals surface area contributed by atoms with Gasteiger partial charge in [-0.25, -0.2) is 0 Å². The quantitative estimate of drug-likeness (QED) is 0.446. The van der Waals surface area contributed by atoms with E-state index in [0.29, 0.717) is 6.61 Å². The van der Waals surface area contributed by atoms with E-state index in [-0.39, 0.29) is 0 Å². The predicted molar refractivity (Wildman–Crippen MR) is 125 cm³/mol. The summed E-state index contributed by atoms with van der Waals surface area (Å²) >= 11 is 0. The Labute approximate surface area is 176 Å². The van der Waals surface area contributed by atoms with Crippen molar-refractivity contribution in [1.29, 1.82) is 0 Å². The Bertz CT molecular complexity index is 807. The zero-order valence-corrected chi connectivity index (χ0v) is 18.1. The molecule has 4 rings (SSSR count). The molecule has 1 fully saturated rings. The standard InChI is InChI=1S/C16H18O.C9H11N.C2H6/c1-2-7-14-10-6-11-16(12-14)17-13-15-8-4-3-5-9-15;10-9-5-3-8(4-6-9)7-1-2-7;1-2/h3-6,8-12H,2,7,13H2,1H3;3-7H,1-2,10H2;1-2H3. The Balaban J connectivity index is 0.000000212. The number of aryl methyl sites for hydroxylation is 1. The van der Waals surface area contributed by atoms with Crippen molar-refractivity contribution in [2.24, 2.45) is 0 Å². The number of rotatable bonds is 6. The third kappa shape index (κ3) is 8.43. The van der Waals surface area contributed by atoms with Gasteiger partial charge in [-0.2, -0.15) is 0 Å². The lowest BCUT2D eigenvalue weighted by Gasteiger charge is -2.07. The van der Waals surface area contributed by atoms with Gasteiger partial charge < -0.3 is 10.5 Å². The number of ether oxygens (including phenoxy) is 1. The van der Waals surface area contributed by atoms with Gasteiger partial charge in [0.1, 0.15) is 12.4 Å². The molecule has 3 aromatic rings. The zero-order chi connectivity index (χ0) is 20.9. The van der Waals surface area contributed by atoms with Crippen molar-refractivity contribution in [3.63, 3.8) is 0 Å². The second-order valence-electron chi connectivity index (χ2n) is 7.11. The summed E-state index contributed by atoms with van der Waals surface area (Å²) < 4.78 is 5.78. The third-order valence-electron chi connectivity index (χ3n) is 4.67. The van der Waals surface area contributed by atoms with E-state index in [4.69, 9.17) is 10.5 Å². The molecule has 1 saturated carbocycles. The monoisotopic (exact) mass is 389 g/mol. The molecule has 0 unspecified atom stereocenters. The molecular formula is C27H35NO. The Morgan fingerprint density at radius 2 is 1.48 bits per heavy atom. The van der Waals surface area contributed by atoms with Crippen LogP contribution in [0, 0.1) is 0 Å². The number of anilines is 1. The first-order chi connectivity index (χ1) is 14.2. The van der Waals surface area contributed by atoms with E-state index >= 15 is 0 Å². The largest absolute Gasteiger partial charge is 0.489 e. The number of nitrogen functional groups attached to an aromatic ring is 1. The summed E-state index contributed by atoms with van der Waals surface area (Å²) in [5, 5.41) is 0. The summed E-state index contributed by atoms with van der Waals surface area (Å²) in [5.41, 5.74) is 10.4. The highest BCUT2D eigenvalue weighted by molar-refractivity contribution is 5.41. The minimum absolute atomic E-state index is 0.635. The zero-order valence-electron chi connectivity index (χ0n) is 18.1. The molecule has 0 bridgehead atoms. The smallest absolute Gasteiger partial charge is 0.120 e. The van der Waals surface area contributed by atoms with Gasteiger partial charge in [0.25, 0.3) is 0 Å². The lowest BCUT2D eigenvalue weighted by molar-refractivity contribution is 0.306. The van der Waals surface area contributed by atoms with E-state index in [0.717, 1.165) is 23.8 Å². The number of benzene rings is 3. The predicted octanol–water partition coefficient (Wildman–Crippen LogP) is 7.39. The van der Waals surface area contributed by atoms with Gasteiger partial charge in [0.05, 0.1) is 0 Å². The summed E-state index contributed by atoms with van der Waals surface area (Å²) in [7, 11) is 0. The highest BCUT2D eigenvalue weighted by Crippen LogP contribution is 2.39. The van der Waals surface area contributed by atoms with E-state index in [1.807, 2.05) is 50.2 Å². The van der Waals surface area contributed by atoms with Crippen LogP contribution in [0.1, 0.15) is 62.6 Å². The van der Waals surface area contributed by atoms with E-state index in [2.05, 4.69) is 49.4 Å². The molecule has 2 heteroatoms. The van der Waals surface area contributed by atoms with Crippen molar-refractivity contribution in [2.45, 2.75) is 59.0 Å². The molecule has 2 N–H and O–H groups in total. The molecule has 154 valence electrons. The molecule has 0 aromatic heterocycles. The summed E-state index contributed by atoms with van der Waals surface area (Å²) in [6.45, 7) is 6.83. The average molecular weight is 390 g/mol. The van der Waals surface area contributed by atoms with Crippen LogP contribution in [-0.4, -0.2) is 0 Å². The van der Waals surface area contributed by atoms with E-state index < -0.39 is 0 Å². The molecule has 0 radical (unpaired) electrons. The van der Waals surface area contributed by atoms with Crippen LogP contribution in [0.15, 0.2) is 78.9 Å². The minimum atomic E-state index is 0.635. The first-order valence-electron chi connectivity index (χ1n) is 10.9.